The van der Waals surface area contributed by atoms with E-state index in [1.165, 1.54) is 0 Å². The van der Waals surface area contributed by atoms with Crippen molar-refractivity contribution >= 4 is 17.6 Å². The van der Waals surface area contributed by atoms with Gasteiger partial charge in [0.15, 0.2) is 0 Å². The minimum Gasteiger partial charge on any atom is -0.481 e. The molecule has 1 atom stereocenters. The van der Waals surface area contributed by atoms with E-state index >= 15 is 0 Å². The van der Waals surface area contributed by atoms with Gasteiger partial charge >= 0.3 is 11.9 Å². The van der Waals surface area contributed by atoms with Crippen molar-refractivity contribution in [2.75, 3.05) is 25.1 Å². The molecule has 1 unspecified atom stereocenters. The van der Waals surface area contributed by atoms with E-state index in [1.807, 2.05) is 11.9 Å². The van der Waals surface area contributed by atoms with E-state index in [2.05, 4.69) is 0 Å². The van der Waals surface area contributed by atoms with Gasteiger partial charge in [-0.3, -0.25) is 4.79 Å². The summed E-state index contributed by atoms with van der Waals surface area (Å²) >= 11 is 0. The average Bonchev–Trinajstić information content (AvgIpc) is 2.39. The molecule has 104 valence electrons. The van der Waals surface area contributed by atoms with Gasteiger partial charge in [0.1, 0.15) is 0 Å². The van der Waals surface area contributed by atoms with Gasteiger partial charge in [-0.1, -0.05) is 6.92 Å². The van der Waals surface area contributed by atoms with Gasteiger partial charge in [-0.15, -0.1) is 0 Å². The lowest BCUT2D eigenvalue weighted by Crippen LogP contribution is -2.28. The highest BCUT2D eigenvalue weighted by Gasteiger charge is 2.14. The van der Waals surface area contributed by atoms with Gasteiger partial charge in [-0.2, -0.15) is 0 Å². The Kier molecular flexibility index (Phi) is 5.36. The molecule has 0 aromatic heterocycles. The third-order valence-electron chi connectivity index (χ3n) is 2.79. The number of ether oxygens (including phenoxy) is 1. The van der Waals surface area contributed by atoms with Crippen LogP contribution in [0.3, 0.4) is 0 Å². The van der Waals surface area contributed by atoms with Crippen LogP contribution >= 0.6 is 0 Å². The average molecular weight is 265 g/mol. The fourth-order valence-corrected chi connectivity index (χ4v) is 1.66. The number of rotatable bonds is 6. The van der Waals surface area contributed by atoms with Crippen molar-refractivity contribution in [3.8, 4) is 0 Å². The summed E-state index contributed by atoms with van der Waals surface area (Å²) in [6.45, 7) is 4.17. The number of carbonyl (C=O) groups excluding carboxylic acids is 1. The molecule has 1 aromatic carbocycles. The lowest BCUT2D eigenvalue weighted by atomic mass is 10.1. The van der Waals surface area contributed by atoms with E-state index in [0.717, 1.165) is 5.69 Å². The van der Waals surface area contributed by atoms with Gasteiger partial charge in [-0.25, -0.2) is 4.79 Å². The molecule has 0 aliphatic rings. The molecule has 0 fully saturated rings. The van der Waals surface area contributed by atoms with Crippen LogP contribution in [0, 0.1) is 5.92 Å². The first-order chi connectivity index (χ1) is 8.95. The topological polar surface area (TPSA) is 66.8 Å². The summed E-state index contributed by atoms with van der Waals surface area (Å²) in [5, 5.41) is 8.87. The Bertz CT molecular complexity index is 441. The number of hydrogen-bond acceptors (Lipinski definition) is 4. The molecule has 0 saturated heterocycles. The molecule has 19 heavy (non-hydrogen) atoms. The van der Waals surface area contributed by atoms with Crippen molar-refractivity contribution < 1.29 is 19.4 Å². The highest BCUT2D eigenvalue weighted by molar-refractivity contribution is 5.89. The van der Waals surface area contributed by atoms with Crippen LogP contribution in [0.25, 0.3) is 0 Å². The van der Waals surface area contributed by atoms with Gasteiger partial charge in [-0.05, 0) is 31.2 Å². The molecule has 5 heteroatoms. The van der Waals surface area contributed by atoms with Crippen LogP contribution in [0.5, 0.6) is 0 Å². The molecular weight excluding hydrogens is 246 g/mol. The SMILES string of the molecule is CCOC(=O)c1ccc(N(C)CC(C)C(=O)O)cc1. The molecule has 0 bridgehead atoms. The molecule has 0 amide bonds. The number of esters is 1. The third-order valence-corrected chi connectivity index (χ3v) is 2.79. The summed E-state index contributed by atoms with van der Waals surface area (Å²) < 4.78 is 4.89. The maximum atomic E-state index is 11.5. The highest BCUT2D eigenvalue weighted by Crippen LogP contribution is 2.16. The zero-order valence-electron chi connectivity index (χ0n) is 11.4. The maximum absolute atomic E-state index is 11.5. The Morgan fingerprint density at radius 1 is 1.32 bits per heavy atom. The second-order valence-corrected chi connectivity index (χ2v) is 4.39. The largest absolute Gasteiger partial charge is 0.481 e. The summed E-state index contributed by atoms with van der Waals surface area (Å²) in [7, 11) is 1.82. The predicted molar refractivity (Wildman–Crippen MR) is 72.5 cm³/mol. The Morgan fingerprint density at radius 2 is 1.89 bits per heavy atom. The normalized spacial score (nSPS) is 11.7. The zero-order chi connectivity index (χ0) is 14.4. The lowest BCUT2D eigenvalue weighted by Gasteiger charge is -2.21. The molecule has 1 N–H and O–H groups in total. The molecule has 1 aromatic rings. The molecule has 0 spiro atoms. The number of benzene rings is 1. The van der Waals surface area contributed by atoms with E-state index < -0.39 is 11.9 Å². The smallest absolute Gasteiger partial charge is 0.338 e. The third kappa shape index (κ3) is 4.28. The number of anilines is 1. The Hall–Kier alpha value is -2.04. The molecule has 0 radical (unpaired) electrons. The summed E-state index contributed by atoms with van der Waals surface area (Å²) in [6, 6.07) is 6.91. The second kappa shape index (κ2) is 6.78. The van der Waals surface area contributed by atoms with Crippen LogP contribution in [0.15, 0.2) is 24.3 Å². The Morgan fingerprint density at radius 3 is 2.37 bits per heavy atom. The van der Waals surface area contributed by atoms with Crippen LogP contribution in [0.1, 0.15) is 24.2 Å². The number of carbonyl (C=O) groups is 2. The van der Waals surface area contributed by atoms with E-state index in [4.69, 9.17) is 9.84 Å². The van der Waals surface area contributed by atoms with Crippen LogP contribution in [0.2, 0.25) is 0 Å². The van der Waals surface area contributed by atoms with Crippen LogP contribution in [0.4, 0.5) is 5.69 Å². The summed E-state index contributed by atoms with van der Waals surface area (Å²) in [5.41, 5.74) is 1.35. The molecule has 1 rings (SSSR count). The van der Waals surface area contributed by atoms with Crippen LogP contribution < -0.4 is 4.90 Å². The Balaban J connectivity index is 2.70. The summed E-state index contributed by atoms with van der Waals surface area (Å²) in [5.74, 6) is -1.62. The predicted octanol–water partition coefficient (Wildman–Crippen LogP) is 2.02. The monoisotopic (exact) mass is 265 g/mol. The zero-order valence-corrected chi connectivity index (χ0v) is 11.4. The van der Waals surface area contributed by atoms with E-state index in [1.54, 1.807) is 38.1 Å². The van der Waals surface area contributed by atoms with E-state index in [-0.39, 0.29) is 5.97 Å². The first-order valence-electron chi connectivity index (χ1n) is 6.16. The number of hydrogen-bond donors (Lipinski definition) is 1. The van der Waals surface area contributed by atoms with Crippen molar-refractivity contribution in [3.05, 3.63) is 29.8 Å². The van der Waals surface area contributed by atoms with Crippen molar-refractivity contribution in [3.63, 3.8) is 0 Å². The van der Waals surface area contributed by atoms with Gasteiger partial charge in [0, 0.05) is 19.3 Å². The van der Waals surface area contributed by atoms with Crippen LogP contribution in [-0.2, 0) is 9.53 Å². The highest BCUT2D eigenvalue weighted by atomic mass is 16.5. The van der Waals surface area contributed by atoms with Gasteiger partial charge in [0.25, 0.3) is 0 Å². The van der Waals surface area contributed by atoms with Crippen LogP contribution in [-0.4, -0.2) is 37.2 Å². The fraction of sp³-hybridized carbons (Fsp3) is 0.429. The minimum absolute atomic E-state index is 0.344. The van der Waals surface area contributed by atoms with Crippen molar-refractivity contribution in [1.82, 2.24) is 0 Å². The van der Waals surface area contributed by atoms with Gasteiger partial charge in [0.2, 0.25) is 0 Å². The van der Waals surface area contributed by atoms with E-state index in [0.29, 0.717) is 18.7 Å². The molecular formula is C14H19NO4. The number of aliphatic carboxylic acids is 1. The summed E-state index contributed by atoms with van der Waals surface area (Å²) in [4.78, 5) is 24.1. The van der Waals surface area contributed by atoms with Gasteiger partial charge in [0.05, 0.1) is 18.1 Å². The van der Waals surface area contributed by atoms with E-state index in [9.17, 15) is 9.59 Å². The number of nitrogens with zero attached hydrogens (tertiary/aromatic N) is 1. The molecule has 0 heterocycles. The fourth-order valence-electron chi connectivity index (χ4n) is 1.66. The molecule has 0 aliphatic carbocycles. The lowest BCUT2D eigenvalue weighted by molar-refractivity contribution is -0.140. The number of carboxylic acid groups (broad SMARTS) is 1. The molecule has 0 aliphatic heterocycles. The summed E-state index contributed by atoms with van der Waals surface area (Å²) in [6.07, 6.45) is 0. The molecule has 0 saturated carbocycles. The van der Waals surface area contributed by atoms with Crippen molar-refractivity contribution in [1.29, 1.82) is 0 Å². The Labute approximate surface area is 112 Å². The van der Waals surface area contributed by atoms with Gasteiger partial charge < -0.3 is 14.7 Å². The minimum atomic E-state index is -0.824. The standard InChI is InChI=1S/C14H19NO4/c1-4-19-14(18)11-5-7-12(8-6-11)15(3)9-10(2)13(16)17/h5-8,10H,4,9H2,1-3H3,(H,16,17). The van der Waals surface area contributed by atoms with Crippen molar-refractivity contribution in [2.24, 2.45) is 5.92 Å². The number of carboxylic acids is 1. The van der Waals surface area contributed by atoms with Crippen molar-refractivity contribution in [2.45, 2.75) is 13.8 Å². The first kappa shape index (κ1) is 15.0. The first-order valence-corrected chi connectivity index (χ1v) is 6.16. The quantitative estimate of drug-likeness (QED) is 0.797. The molecule has 5 nitrogen and oxygen atoms in total. The second-order valence-electron chi connectivity index (χ2n) is 4.39. The maximum Gasteiger partial charge on any atom is 0.338 e.